The zero-order chi connectivity index (χ0) is 20.4. The number of aryl methyl sites for hydroxylation is 1. The molecule has 0 bridgehead atoms. The summed E-state index contributed by atoms with van der Waals surface area (Å²) in [4.78, 5) is 36.8. The second-order valence-corrected chi connectivity index (χ2v) is 7.18. The average molecular weight is 401 g/mol. The Kier molecular flexibility index (Phi) is 8.55. The van der Waals surface area contributed by atoms with Gasteiger partial charge >= 0.3 is 5.97 Å². The summed E-state index contributed by atoms with van der Waals surface area (Å²) in [6.45, 7) is 1.48. The lowest BCUT2D eigenvalue weighted by Gasteiger charge is -2.17. The minimum absolute atomic E-state index is 0.347. The van der Waals surface area contributed by atoms with E-state index in [4.69, 9.17) is 4.74 Å². The van der Waals surface area contributed by atoms with Crippen LogP contribution in [-0.2, 0) is 14.3 Å². The molecule has 0 heterocycles. The first-order valence-electron chi connectivity index (χ1n) is 8.87. The first-order chi connectivity index (χ1) is 13.5. The summed E-state index contributed by atoms with van der Waals surface area (Å²) in [5, 5.41) is 5.35. The third-order valence-electron chi connectivity index (χ3n) is 3.88. The van der Waals surface area contributed by atoms with Gasteiger partial charge in [-0.2, -0.15) is 11.8 Å². The molecule has 2 rings (SSSR count). The minimum atomic E-state index is -0.815. The van der Waals surface area contributed by atoms with E-state index in [9.17, 15) is 14.4 Å². The Balaban J connectivity index is 1.92. The van der Waals surface area contributed by atoms with Crippen LogP contribution >= 0.6 is 11.8 Å². The molecule has 2 aromatic rings. The van der Waals surface area contributed by atoms with Crippen LogP contribution in [0.25, 0.3) is 0 Å². The molecule has 1 atom stereocenters. The third-order valence-corrected chi connectivity index (χ3v) is 4.53. The van der Waals surface area contributed by atoms with E-state index in [1.54, 1.807) is 54.2 Å². The highest BCUT2D eigenvalue weighted by Gasteiger charge is 2.23. The Bertz CT molecular complexity index is 811. The van der Waals surface area contributed by atoms with Crippen LogP contribution in [0.1, 0.15) is 22.3 Å². The fourth-order valence-corrected chi connectivity index (χ4v) is 2.94. The van der Waals surface area contributed by atoms with Crippen LogP contribution in [0.15, 0.2) is 54.6 Å². The molecule has 6 nitrogen and oxygen atoms in total. The van der Waals surface area contributed by atoms with Gasteiger partial charge in [-0.05, 0) is 49.6 Å². The van der Waals surface area contributed by atoms with E-state index in [0.717, 1.165) is 5.56 Å². The van der Waals surface area contributed by atoms with Crippen molar-refractivity contribution < 1.29 is 19.1 Å². The smallest absolute Gasteiger partial charge is 0.329 e. The highest BCUT2D eigenvalue weighted by molar-refractivity contribution is 7.98. The number of benzene rings is 2. The highest BCUT2D eigenvalue weighted by atomic mass is 32.2. The van der Waals surface area contributed by atoms with Crippen LogP contribution in [0, 0.1) is 6.92 Å². The minimum Gasteiger partial charge on any atom is -0.454 e. The van der Waals surface area contributed by atoms with E-state index in [0.29, 0.717) is 23.4 Å². The number of esters is 1. The molecule has 7 heteroatoms. The van der Waals surface area contributed by atoms with Crippen molar-refractivity contribution in [3.63, 3.8) is 0 Å². The fraction of sp³-hybridized carbons (Fsp3) is 0.286. The molecule has 0 saturated heterocycles. The monoisotopic (exact) mass is 400 g/mol. The average Bonchev–Trinajstić information content (AvgIpc) is 2.70. The van der Waals surface area contributed by atoms with E-state index >= 15 is 0 Å². The first-order valence-corrected chi connectivity index (χ1v) is 10.3. The molecular formula is C21H24N2O4S. The van der Waals surface area contributed by atoms with Crippen LogP contribution < -0.4 is 10.6 Å². The summed E-state index contributed by atoms with van der Waals surface area (Å²) in [6, 6.07) is 15.2. The van der Waals surface area contributed by atoms with Crippen molar-refractivity contribution in [2.24, 2.45) is 0 Å². The van der Waals surface area contributed by atoms with Crippen molar-refractivity contribution >= 4 is 35.2 Å². The summed E-state index contributed by atoms with van der Waals surface area (Å²) in [5.74, 6) is -0.740. The fourth-order valence-electron chi connectivity index (χ4n) is 2.47. The molecule has 2 amide bonds. The van der Waals surface area contributed by atoms with Crippen molar-refractivity contribution in [3.8, 4) is 0 Å². The maximum absolute atomic E-state index is 12.4. The number of amides is 2. The van der Waals surface area contributed by atoms with Crippen LogP contribution in [0.4, 0.5) is 5.69 Å². The van der Waals surface area contributed by atoms with Gasteiger partial charge < -0.3 is 15.4 Å². The molecule has 2 aromatic carbocycles. The van der Waals surface area contributed by atoms with E-state index in [1.807, 2.05) is 25.3 Å². The Hall–Kier alpha value is -2.80. The number of rotatable bonds is 9. The summed E-state index contributed by atoms with van der Waals surface area (Å²) < 4.78 is 5.12. The van der Waals surface area contributed by atoms with Crippen LogP contribution in [-0.4, -0.2) is 42.4 Å². The zero-order valence-corrected chi connectivity index (χ0v) is 16.8. The Morgan fingerprint density at radius 3 is 2.50 bits per heavy atom. The van der Waals surface area contributed by atoms with Gasteiger partial charge in [-0.1, -0.05) is 35.9 Å². The van der Waals surface area contributed by atoms with Gasteiger partial charge in [0.25, 0.3) is 11.8 Å². The topological polar surface area (TPSA) is 84.5 Å². The lowest BCUT2D eigenvalue weighted by atomic mass is 10.1. The van der Waals surface area contributed by atoms with Crippen molar-refractivity contribution in [1.29, 1.82) is 0 Å². The van der Waals surface area contributed by atoms with Crippen LogP contribution in [0.2, 0.25) is 0 Å². The number of hydrogen-bond acceptors (Lipinski definition) is 5. The van der Waals surface area contributed by atoms with Crippen molar-refractivity contribution in [2.45, 2.75) is 19.4 Å². The summed E-state index contributed by atoms with van der Waals surface area (Å²) in [5.41, 5.74) is 2.05. The van der Waals surface area contributed by atoms with Crippen molar-refractivity contribution in [3.05, 3.63) is 65.7 Å². The molecule has 0 aliphatic rings. The summed E-state index contributed by atoms with van der Waals surface area (Å²) in [7, 11) is 0. The first kappa shape index (κ1) is 21.5. The molecule has 0 aliphatic heterocycles. The normalized spacial score (nSPS) is 11.4. The molecule has 0 saturated carbocycles. The largest absolute Gasteiger partial charge is 0.454 e. The lowest BCUT2D eigenvalue weighted by Crippen LogP contribution is -2.43. The maximum atomic E-state index is 12.4. The van der Waals surface area contributed by atoms with Gasteiger partial charge in [-0.25, -0.2) is 4.79 Å². The molecule has 0 fully saturated rings. The molecule has 0 unspecified atom stereocenters. The predicted molar refractivity (Wildman–Crippen MR) is 111 cm³/mol. The van der Waals surface area contributed by atoms with Gasteiger partial charge in [-0.3, -0.25) is 9.59 Å². The van der Waals surface area contributed by atoms with Gasteiger partial charge in [-0.15, -0.1) is 0 Å². The maximum Gasteiger partial charge on any atom is 0.329 e. The van der Waals surface area contributed by atoms with Crippen molar-refractivity contribution in [2.75, 3.05) is 23.9 Å². The third kappa shape index (κ3) is 7.08. The molecule has 0 aromatic heterocycles. The molecule has 148 valence electrons. The molecule has 0 spiro atoms. The van der Waals surface area contributed by atoms with Crippen LogP contribution in [0.5, 0.6) is 0 Å². The molecule has 2 N–H and O–H groups in total. The number of carbonyl (C=O) groups excluding carboxylic acids is 3. The number of nitrogens with one attached hydrogen (secondary N) is 2. The highest BCUT2D eigenvalue weighted by Crippen LogP contribution is 2.08. The summed E-state index contributed by atoms with van der Waals surface area (Å²) in [6.07, 6.45) is 2.33. The van der Waals surface area contributed by atoms with Gasteiger partial charge in [0.1, 0.15) is 6.04 Å². The second-order valence-electron chi connectivity index (χ2n) is 6.20. The number of carbonyl (C=O) groups is 3. The zero-order valence-electron chi connectivity index (χ0n) is 15.9. The Morgan fingerprint density at radius 2 is 1.82 bits per heavy atom. The molecule has 28 heavy (non-hydrogen) atoms. The SMILES string of the molecule is CSCC[C@@H](NC(=O)c1cccc(C)c1)C(=O)OCC(=O)Nc1ccccc1. The number of ether oxygens (including phenoxy) is 1. The molecule has 0 aliphatic carbocycles. The number of anilines is 1. The van der Waals surface area contributed by atoms with Crippen LogP contribution in [0.3, 0.4) is 0 Å². The quantitative estimate of drug-likeness (QED) is 0.632. The van der Waals surface area contributed by atoms with Crippen molar-refractivity contribution in [1.82, 2.24) is 5.32 Å². The standard InChI is InChI=1S/C21H24N2O4S/c1-15-7-6-8-16(13-15)20(25)23-18(11-12-28-2)21(26)27-14-19(24)22-17-9-4-3-5-10-17/h3-10,13,18H,11-12,14H2,1-2H3,(H,22,24)(H,23,25)/t18-/m1/s1. The van der Waals surface area contributed by atoms with E-state index < -0.39 is 24.5 Å². The van der Waals surface area contributed by atoms with Gasteiger partial charge in [0.15, 0.2) is 6.61 Å². The molecule has 0 radical (unpaired) electrons. The lowest BCUT2D eigenvalue weighted by molar-refractivity contribution is -0.149. The van der Waals surface area contributed by atoms with Gasteiger partial charge in [0.05, 0.1) is 0 Å². The Morgan fingerprint density at radius 1 is 1.07 bits per heavy atom. The summed E-state index contributed by atoms with van der Waals surface area (Å²) >= 11 is 1.56. The van der Waals surface area contributed by atoms with E-state index in [-0.39, 0.29) is 5.91 Å². The van der Waals surface area contributed by atoms with E-state index in [2.05, 4.69) is 10.6 Å². The van der Waals surface area contributed by atoms with E-state index in [1.165, 1.54) is 0 Å². The number of hydrogen-bond donors (Lipinski definition) is 2. The second kappa shape index (κ2) is 11.1. The van der Waals surface area contributed by atoms with Gasteiger partial charge in [0, 0.05) is 11.3 Å². The number of thioether (sulfide) groups is 1. The predicted octanol–water partition coefficient (Wildman–Crippen LogP) is 3.03. The number of para-hydroxylation sites is 1. The Labute approximate surface area is 169 Å². The van der Waals surface area contributed by atoms with Gasteiger partial charge in [0.2, 0.25) is 0 Å². The molecular weight excluding hydrogens is 376 g/mol.